The van der Waals surface area contributed by atoms with Gasteiger partial charge in [-0.2, -0.15) is 15.1 Å². The lowest BCUT2D eigenvalue weighted by Gasteiger charge is -2.37. The third-order valence-corrected chi connectivity index (χ3v) is 10.9. The molecule has 1 N–H and O–H groups in total. The summed E-state index contributed by atoms with van der Waals surface area (Å²) in [7, 11) is 4.04. The Labute approximate surface area is 280 Å². The van der Waals surface area contributed by atoms with Crippen LogP contribution in [0.25, 0.3) is 0 Å². The van der Waals surface area contributed by atoms with Crippen molar-refractivity contribution < 1.29 is 13.9 Å². The third kappa shape index (κ3) is 6.00. The van der Waals surface area contributed by atoms with Crippen LogP contribution in [0.4, 0.5) is 10.2 Å². The molecule has 3 aliphatic heterocycles. The van der Waals surface area contributed by atoms with Crippen molar-refractivity contribution in [3.05, 3.63) is 62.0 Å². The molecule has 1 aliphatic carbocycles. The molecule has 0 unspecified atom stereocenters. The molecule has 0 amide bonds. The number of unbranched alkanes of at least 4 members (excludes halogenated alkanes) is 1. The van der Waals surface area contributed by atoms with Gasteiger partial charge in [-0.1, -0.05) is 55.1 Å². The highest BCUT2D eigenvalue weighted by Crippen LogP contribution is 2.49. The Morgan fingerprint density at radius 2 is 2.07 bits per heavy atom. The highest BCUT2D eigenvalue weighted by atomic mass is 35.5. The lowest BCUT2D eigenvalue weighted by Crippen LogP contribution is -2.45. The minimum Gasteiger partial charge on any atom is -0.461 e. The molecular formula is C34H44Cl2FN7O2. The fourth-order valence-electron chi connectivity index (χ4n) is 7.79. The molecule has 3 atom stereocenters. The maximum Gasteiger partial charge on any atom is 0.318 e. The normalized spacial score (nSPS) is 25.5. The molecule has 1 aromatic carbocycles. The number of rotatable bonds is 9. The Hall–Kier alpha value is -2.50. The minimum absolute atomic E-state index is 0.318. The van der Waals surface area contributed by atoms with E-state index in [0.29, 0.717) is 56.7 Å². The van der Waals surface area contributed by atoms with Crippen LogP contribution in [0.1, 0.15) is 79.2 Å². The summed E-state index contributed by atoms with van der Waals surface area (Å²) in [6.45, 7) is 6.01. The number of nitrogens with zero attached hydrogens (tertiary/aromatic N) is 6. The predicted molar refractivity (Wildman–Crippen MR) is 178 cm³/mol. The monoisotopic (exact) mass is 671 g/mol. The molecule has 0 bridgehead atoms. The first-order chi connectivity index (χ1) is 22.2. The van der Waals surface area contributed by atoms with Crippen molar-refractivity contribution in [1.82, 2.24) is 30.0 Å². The molecule has 2 aromatic heterocycles. The first-order valence-electron chi connectivity index (χ1n) is 16.7. The number of halogens is 3. The van der Waals surface area contributed by atoms with E-state index in [1.165, 1.54) is 0 Å². The SMILES string of the molecule is CCCC[C@@]1(COc2nc3c(c(N4CCCn5nc(CN(C)C)c(Cl)c5C4)n2)CO[C@@]2(CCc4c(Cl)cccc42)C3)C[C@@H](F)CN1. The molecule has 248 valence electrons. The number of anilines is 1. The van der Waals surface area contributed by atoms with Gasteiger partial charge in [0.2, 0.25) is 0 Å². The summed E-state index contributed by atoms with van der Waals surface area (Å²) < 4.78 is 29.8. The Morgan fingerprint density at radius 3 is 2.85 bits per heavy atom. The third-order valence-electron chi connectivity index (χ3n) is 10.1. The molecule has 1 fully saturated rings. The van der Waals surface area contributed by atoms with Gasteiger partial charge in [0.1, 0.15) is 18.6 Å². The second-order valence-corrected chi connectivity index (χ2v) is 14.6. The zero-order valence-electron chi connectivity index (χ0n) is 27.0. The summed E-state index contributed by atoms with van der Waals surface area (Å²) in [5, 5.41) is 9.79. The van der Waals surface area contributed by atoms with Crippen LogP contribution in [0.3, 0.4) is 0 Å². The molecule has 0 radical (unpaired) electrons. The number of hydrogen-bond acceptors (Lipinski definition) is 8. The minimum atomic E-state index is -0.879. The van der Waals surface area contributed by atoms with Crippen LogP contribution in [-0.4, -0.2) is 70.2 Å². The molecule has 1 spiro atoms. The standard InChI is InChI=1S/C34H44Cl2FN7O2/c1-4-5-11-33(15-22(37)17-38-33)21-45-32-39-27-16-34(12-10-23-25(34)8-6-9-26(23)35)46-20-24(27)31(40-32)43-13-7-14-44-29(19-43)30(36)28(41-44)18-42(2)3/h6,8-9,22,38H,4-5,7,10-21H2,1-3H3/t22-,33+,34+/m1/s1. The van der Waals surface area contributed by atoms with Crippen molar-refractivity contribution in [2.75, 3.05) is 38.7 Å². The van der Waals surface area contributed by atoms with Crippen LogP contribution in [0.2, 0.25) is 10.0 Å². The zero-order chi connectivity index (χ0) is 32.1. The summed E-state index contributed by atoms with van der Waals surface area (Å²) >= 11 is 13.6. The van der Waals surface area contributed by atoms with E-state index in [1.807, 2.05) is 30.9 Å². The van der Waals surface area contributed by atoms with Gasteiger partial charge in [0.25, 0.3) is 0 Å². The van der Waals surface area contributed by atoms with Gasteiger partial charge in [-0.25, -0.2) is 4.39 Å². The summed E-state index contributed by atoms with van der Waals surface area (Å²) in [6, 6.07) is 6.42. The molecule has 7 rings (SSSR count). The fraction of sp³-hybridized carbons (Fsp3) is 0.618. The molecule has 0 saturated carbocycles. The molecule has 4 aliphatic rings. The van der Waals surface area contributed by atoms with E-state index in [0.717, 1.165) is 96.2 Å². The number of ether oxygens (including phenoxy) is 2. The molecule has 46 heavy (non-hydrogen) atoms. The molecule has 1 saturated heterocycles. The van der Waals surface area contributed by atoms with Crippen molar-refractivity contribution in [1.29, 1.82) is 0 Å². The zero-order valence-corrected chi connectivity index (χ0v) is 28.6. The quantitative estimate of drug-likeness (QED) is 0.297. The van der Waals surface area contributed by atoms with Crippen molar-refractivity contribution in [3.8, 4) is 6.01 Å². The number of benzene rings is 1. The molecule has 12 heteroatoms. The number of aryl methyl sites for hydroxylation is 1. The predicted octanol–water partition coefficient (Wildman–Crippen LogP) is 6.01. The van der Waals surface area contributed by atoms with Crippen LogP contribution in [0, 0.1) is 0 Å². The van der Waals surface area contributed by atoms with Gasteiger partial charge in [0, 0.05) is 49.6 Å². The van der Waals surface area contributed by atoms with Crippen molar-refractivity contribution in [3.63, 3.8) is 0 Å². The van der Waals surface area contributed by atoms with E-state index < -0.39 is 17.3 Å². The van der Waals surface area contributed by atoms with Crippen LogP contribution in [0.5, 0.6) is 6.01 Å². The van der Waals surface area contributed by atoms with Crippen LogP contribution in [0.15, 0.2) is 18.2 Å². The van der Waals surface area contributed by atoms with Gasteiger partial charge in [0.15, 0.2) is 0 Å². The first-order valence-corrected chi connectivity index (χ1v) is 17.4. The number of nitrogens with one attached hydrogen (secondary N) is 1. The number of aromatic nitrogens is 4. The van der Waals surface area contributed by atoms with Gasteiger partial charge >= 0.3 is 6.01 Å². The van der Waals surface area contributed by atoms with Gasteiger partial charge < -0.3 is 24.6 Å². The highest BCUT2D eigenvalue weighted by molar-refractivity contribution is 6.32. The van der Waals surface area contributed by atoms with E-state index in [2.05, 4.69) is 28.1 Å². The smallest absolute Gasteiger partial charge is 0.318 e. The maximum absolute atomic E-state index is 14.5. The Balaban J connectivity index is 1.25. The molecular weight excluding hydrogens is 628 g/mol. The van der Waals surface area contributed by atoms with E-state index in [4.69, 9.17) is 47.7 Å². The largest absolute Gasteiger partial charge is 0.461 e. The van der Waals surface area contributed by atoms with E-state index in [9.17, 15) is 4.39 Å². The summed E-state index contributed by atoms with van der Waals surface area (Å²) in [4.78, 5) is 14.5. The summed E-state index contributed by atoms with van der Waals surface area (Å²) in [5.74, 6) is 0.810. The van der Waals surface area contributed by atoms with Gasteiger partial charge in [0.05, 0.1) is 46.4 Å². The van der Waals surface area contributed by atoms with E-state index >= 15 is 0 Å². The second kappa shape index (κ2) is 12.8. The van der Waals surface area contributed by atoms with Crippen molar-refractivity contribution >= 4 is 29.0 Å². The van der Waals surface area contributed by atoms with E-state index in [1.54, 1.807) is 0 Å². The second-order valence-electron chi connectivity index (χ2n) is 13.8. The summed E-state index contributed by atoms with van der Waals surface area (Å²) in [5.41, 5.74) is 5.18. The first kappa shape index (κ1) is 32.1. The average Bonchev–Trinajstić information content (AvgIpc) is 3.62. The highest BCUT2D eigenvalue weighted by Gasteiger charge is 2.45. The van der Waals surface area contributed by atoms with Crippen LogP contribution in [-0.2, 0) is 49.4 Å². The lowest BCUT2D eigenvalue weighted by atomic mass is 9.87. The molecule has 9 nitrogen and oxygen atoms in total. The van der Waals surface area contributed by atoms with Crippen LogP contribution >= 0.6 is 23.2 Å². The van der Waals surface area contributed by atoms with Crippen molar-refractivity contribution in [2.24, 2.45) is 0 Å². The van der Waals surface area contributed by atoms with Gasteiger partial charge in [-0.3, -0.25) is 4.68 Å². The molecule has 3 aromatic rings. The van der Waals surface area contributed by atoms with Gasteiger partial charge in [-0.05, 0) is 57.0 Å². The Morgan fingerprint density at radius 1 is 1.20 bits per heavy atom. The molecule has 5 heterocycles. The maximum atomic E-state index is 14.5. The Kier molecular flexibility index (Phi) is 8.95. The Bertz CT molecular complexity index is 1600. The average molecular weight is 673 g/mol. The van der Waals surface area contributed by atoms with Gasteiger partial charge in [-0.15, -0.1) is 0 Å². The van der Waals surface area contributed by atoms with Crippen LogP contribution < -0.4 is 15.0 Å². The topological polar surface area (TPSA) is 80.6 Å². The van der Waals surface area contributed by atoms with Crippen molar-refractivity contribution in [2.45, 2.75) is 102 Å². The van der Waals surface area contributed by atoms with E-state index in [-0.39, 0.29) is 0 Å². The summed E-state index contributed by atoms with van der Waals surface area (Å²) in [6.07, 6.45) is 5.64. The number of fused-ring (bicyclic) bond motifs is 4. The number of alkyl halides is 1. The number of hydrogen-bond donors (Lipinski definition) is 1. The fourth-order valence-corrected chi connectivity index (χ4v) is 8.31. The lowest BCUT2D eigenvalue weighted by molar-refractivity contribution is -0.0730.